The lowest BCUT2D eigenvalue weighted by molar-refractivity contribution is -0.132. The van der Waals surface area contributed by atoms with E-state index in [1.165, 1.54) is 0 Å². The Morgan fingerprint density at radius 2 is 1.94 bits per heavy atom. The number of carboxylic acid groups (broad SMARTS) is 1. The van der Waals surface area contributed by atoms with Gasteiger partial charge in [0.25, 0.3) is 0 Å². The summed E-state index contributed by atoms with van der Waals surface area (Å²) in [5.41, 5.74) is 2.37. The number of nitrogens with one attached hydrogen (secondary N) is 1. The number of aliphatic carboxylic acids is 1. The van der Waals surface area contributed by atoms with Gasteiger partial charge in [0.1, 0.15) is 0 Å². The summed E-state index contributed by atoms with van der Waals surface area (Å²) >= 11 is 0. The molecule has 2 N–H and O–H groups in total. The average molecular weight is 233 g/mol. The molecule has 0 radical (unpaired) electrons. The van der Waals surface area contributed by atoms with Gasteiger partial charge in [-0.25, -0.2) is 4.79 Å². The van der Waals surface area contributed by atoms with Crippen molar-refractivity contribution in [3.63, 3.8) is 0 Å². The summed E-state index contributed by atoms with van der Waals surface area (Å²) in [4.78, 5) is 11.0. The standard InChI is InChI=1S/C14H19NO2/c1-3-7-13(14(16)17)11(2)15-10-12-8-5-4-6-9-12/h4-6,8-9,15H,3,7,10H2,1-2H3,(H,16,17)/b13-11-. The molecule has 0 spiro atoms. The van der Waals surface area contributed by atoms with Gasteiger partial charge in [0.2, 0.25) is 0 Å². The quantitative estimate of drug-likeness (QED) is 0.743. The summed E-state index contributed by atoms with van der Waals surface area (Å²) < 4.78 is 0. The fourth-order valence-corrected chi connectivity index (χ4v) is 1.64. The zero-order chi connectivity index (χ0) is 12.7. The van der Waals surface area contributed by atoms with Crippen LogP contribution in [0.3, 0.4) is 0 Å². The average Bonchev–Trinajstić information content (AvgIpc) is 2.34. The molecule has 3 nitrogen and oxygen atoms in total. The first-order valence-electron chi connectivity index (χ1n) is 5.86. The van der Waals surface area contributed by atoms with E-state index in [9.17, 15) is 4.79 Å². The van der Waals surface area contributed by atoms with Crippen LogP contribution in [0.25, 0.3) is 0 Å². The third-order valence-corrected chi connectivity index (χ3v) is 2.61. The fourth-order valence-electron chi connectivity index (χ4n) is 1.64. The molecule has 0 atom stereocenters. The van der Waals surface area contributed by atoms with Gasteiger partial charge in [-0.3, -0.25) is 0 Å². The topological polar surface area (TPSA) is 49.3 Å². The summed E-state index contributed by atoms with van der Waals surface area (Å²) in [6.45, 7) is 4.46. The van der Waals surface area contributed by atoms with E-state index < -0.39 is 5.97 Å². The normalized spacial score (nSPS) is 11.9. The first-order chi connectivity index (χ1) is 8.15. The van der Waals surface area contributed by atoms with E-state index >= 15 is 0 Å². The highest BCUT2D eigenvalue weighted by Gasteiger charge is 2.09. The maximum atomic E-state index is 11.0. The molecule has 1 rings (SSSR count). The van der Waals surface area contributed by atoms with Crippen LogP contribution in [0.2, 0.25) is 0 Å². The summed E-state index contributed by atoms with van der Waals surface area (Å²) in [7, 11) is 0. The zero-order valence-electron chi connectivity index (χ0n) is 10.4. The van der Waals surface area contributed by atoms with Crippen LogP contribution in [0.4, 0.5) is 0 Å². The van der Waals surface area contributed by atoms with Gasteiger partial charge in [0.05, 0.1) is 5.57 Å². The minimum Gasteiger partial charge on any atom is -0.478 e. The van der Waals surface area contributed by atoms with Crippen molar-refractivity contribution in [2.45, 2.75) is 33.2 Å². The monoisotopic (exact) mass is 233 g/mol. The molecule has 3 heteroatoms. The number of hydrogen-bond acceptors (Lipinski definition) is 2. The lowest BCUT2D eigenvalue weighted by atomic mass is 10.1. The maximum absolute atomic E-state index is 11.0. The second-order valence-electron chi connectivity index (χ2n) is 4.00. The van der Waals surface area contributed by atoms with Crippen LogP contribution in [0, 0.1) is 0 Å². The van der Waals surface area contributed by atoms with E-state index in [-0.39, 0.29) is 0 Å². The molecule has 0 aromatic heterocycles. The summed E-state index contributed by atoms with van der Waals surface area (Å²) in [5, 5.41) is 12.2. The van der Waals surface area contributed by atoms with Gasteiger partial charge >= 0.3 is 5.97 Å². The minimum absolute atomic E-state index is 0.475. The largest absolute Gasteiger partial charge is 0.478 e. The predicted molar refractivity (Wildman–Crippen MR) is 68.5 cm³/mol. The smallest absolute Gasteiger partial charge is 0.333 e. The first kappa shape index (κ1) is 13.3. The Morgan fingerprint density at radius 3 is 2.47 bits per heavy atom. The third-order valence-electron chi connectivity index (χ3n) is 2.61. The molecule has 0 heterocycles. The molecule has 0 unspecified atom stereocenters. The van der Waals surface area contributed by atoms with Crippen molar-refractivity contribution in [1.29, 1.82) is 0 Å². The van der Waals surface area contributed by atoms with Gasteiger partial charge in [-0.1, -0.05) is 43.7 Å². The van der Waals surface area contributed by atoms with Crippen LogP contribution >= 0.6 is 0 Å². The van der Waals surface area contributed by atoms with E-state index in [0.29, 0.717) is 18.5 Å². The lowest BCUT2D eigenvalue weighted by Crippen LogP contribution is -2.16. The number of benzene rings is 1. The van der Waals surface area contributed by atoms with Crippen LogP contribution in [0.5, 0.6) is 0 Å². The van der Waals surface area contributed by atoms with Crippen molar-refractivity contribution in [3.05, 3.63) is 47.2 Å². The SMILES string of the molecule is CCC/C(C(=O)O)=C(\C)NCc1ccccc1. The van der Waals surface area contributed by atoms with Crippen LogP contribution in [0.1, 0.15) is 32.3 Å². The molecular formula is C14H19NO2. The highest BCUT2D eigenvalue weighted by Crippen LogP contribution is 2.10. The molecular weight excluding hydrogens is 214 g/mol. The van der Waals surface area contributed by atoms with Gasteiger partial charge < -0.3 is 10.4 Å². The molecule has 0 aliphatic rings. The number of carboxylic acids is 1. The Kier molecular flexibility index (Phi) is 5.27. The second kappa shape index (κ2) is 6.74. The van der Waals surface area contributed by atoms with Gasteiger partial charge in [-0.2, -0.15) is 0 Å². The Hall–Kier alpha value is -1.77. The first-order valence-corrected chi connectivity index (χ1v) is 5.86. The number of hydrogen-bond donors (Lipinski definition) is 2. The van der Waals surface area contributed by atoms with Crippen LogP contribution in [-0.4, -0.2) is 11.1 Å². The van der Waals surface area contributed by atoms with Crippen LogP contribution in [-0.2, 0) is 11.3 Å². The van der Waals surface area contributed by atoms with Crippen molar-refractivity contribution in [1.82, 2.24) is 5.32 Å². The van der Waals surface area contributed by atoms with E-state index in [1.54, 1.807) is 0 Å². The Morgan fingerprint density at radius 1 is 1.29 bits per heavy atom. The fraction of sp³-hybridized carbons (Fsp3) is 0.357. The van der Waals surface area contributed by atoms with Gasteiger partial charge in [0.15, 0.2) is 0 Å². The van der Waals surface area contributed by atoms with E-state index in [1.807, 2.05) is 44.2 Å². The molecule has 0 saturated carbocycles. The lowest BCUT2D eigenvalue weighted by Gasteiger charge is -2.10. The molecule has 0 amide bonds. The Bertz CT molecular complexity index is 396. The molecule has 0 saturated heterocycles. The third kappa shape index (κ3) is 4.31. The van der Waals surface area contributed by atoms with Gasteiger partial charge in [-0.05, 0) is 18.9 Å². The highest BCUT2D eigenvalue weighted by molar-refractivity contribution is 5.87. The number of carbonyl (C=O) groups is 1. The van der Waals surface area contributed by atoms with E-state index in [2.05, 4.69) is 5.32 Å². The van der Waals surface area contributed by atoms with Crippen molar-refractivity contribution >= 4 is 5.97 Å². The van der Waals surface area contributed by atoms with Crippen molar-refractivity contribution < 1.29 is 9.90 Å². The van der Waals surface area contributed by atoms with Gasteiger partial charge in [-0.15, -0.1) is 0 Å². The minimum atomic E-state index is -0.829. The molecule has 0 aliphatic heterocycles. The van der Waals surface area contributed by atoms with E-state index in [0.717, 1.165) is 17.7 Å². The van der Waals surface area contributed by atoms with Crippen LogP contribution < -0.4 is 5.32 Å². The molecule has 0 fully saturated rings. The zero-order valence-corrected chi connectivity index (χ0v) is 10.4. The highest BCUT2D eigenvalue weighted by atomic mass is 16.4. The summed E-state index contributed by atoms with van der Waals surface area (Å²) in [5.74, 6) is -0.829. The number of allylic oxidation sites excluding steroid dienone is 1. The molecule has 0 bridgehead atoms. The molecule has 0 aliphatic carbocycles. The predicted octanol–water partition coefficient (Wildman–Crippen LogP) is 2.93. The molecule has 92 valence electrons. The Balaban J connectivity index is 2.66. The second-order valence-corrected chi connectivity index (χ2v) is 4.00. The molecule has 1 aromatic carbocycles. The van der Waals surface area contributed by atoms with Gasteiger partial charge in [0, 0.05) is 12.2 Å². The molecule has 1 aromatic rings. The van der Waals surface area contributed by atoms with Crippen LogP contribution in [0.15, 0.2) is 41.6 Å². The summed E-state index contributed by atoms with van der Waals surface area (Å²) in [6, 6.07) is 9.94. The van der Waals surface area contributed by atoms with Crippen molar-refractivity contribution in [2.24, 2.45) is 0 Å². The Labute approximate surface area is 102 Å². The van der Waals surface area contributed by atoms with E-state index in [4.69, 9.17) is 5.11 Å². The van der Waals surface area contributed by atoms with Crippen molar-refractivity contribution in [2.75, 3.05) is 0 Å². The maximum Gasteiger partial charge on any atom is 0.333 e. The summed E-state index contributed by atoms with van der Waals surface area (Å²) in [6.07, 6.45) is 1.44. The van der Waals surface area contributed by atoms with Crippen molar-refractivity contribution in [3.8, 4) is 0 Å². The molecule has 17 heavy (non-hydrogen) atoms. The number of rotatable bonds is 6.